The lowest BCUT2D eigenvalue weighted by molar-refractivity contribution is -0.0655. The van der Waals surface area contributed by atoms with Gasteiger partial charge in [-0.15, -0.1) is 0 Å². The topological polar surface area (TPSA) is 65.1 Å². The number of fused-ring (bicyclic) bond motifs is 1. The standard InChI is InChI=1S/C19H21NO5S/c1-19(2)12-23-18(14-6-4-3-5-7-14)11-20(19)26(21,22)15-8-9-16-17(10-15)25-13-24-16/h3-10,18H,11-13H2,1-2H3. The van der Waals surface area contributed by atoms with E-state index in [1.165, 1.54) is 10.4 Å². The highest BCUT2D eigenvalue weighted by Crippen LogP contribution is 2.38. The van der Waals surface area contributed by atoms with E-state index in [0.717, 1.165) is 5.56 Å². The fourth-order valence-electron chi connectivity index (χ4n) is 3.28. The van der Waals surface area contributed by atoms with Crippen molar-refractivity contribution in [2.45, 2.75) is 30.4 Å². The second-order valence-electron chi connectivity index (χ2n) is 7.07. The van der Waals surface area contributed by atoms with Crippen molar-refractivity contribution in [3.05, 3.63) is 54.1 Å². The summed E-state index contributed by atoms with van der Waals surface area (Å²) in [6.45, 7) is 4.43. The molecule has 6 nitrogen and oxygen atoms in total. The van der Waals surface area contributed by atoms with Gasteiger partial charge in [0.1, 0.15) is 0 Å². The molecule has 0 aliphatic carbocycles. The summed E-state index contributed by atoms with van der Waals surface area (Å²) in [6.07, 6.45) is -0.298. The van der Waals surface area contributed by atoms with Crippen molar-refractivity contribution in [3.8, 4) is 11.5 Å². The molecule has 2 aromatic carbocycles. The van der Waals surface area contributed by atoms with E-state index in [2.05, 4.69) is 0 Å². The molecule has 0 spiro atoms. The Kier molecular flexibility index (Phi) is 4.17. The molecule has 1 unspecified atom stereocenters. The summed E-state index contributed by atoms with van der Waals surface area (Å²) in [7, 11) is -3.71. The van der Waals surface area contributed by atoms with Crippen molar-refractivity contribution in [2.24, 2.45) is 0 Å². The molecule has 0 amide bonds. The molecule has 0 radical (unpaired) electrons. The van der Waals surface area contributed by atoms with Gasteiger partial charge in [-0.05, 0) is 31.5 Å². The Morgan fingerprint density at radius 1 is 1.04 bits per heavy atom. The lowest BCUT2D eigenvalue weighted by Crippen LogP contribution is -2.56. The maximum Gasteiger partial charge on any atom is 0.243 e. The van der Waals surface area contributed by atoms with Gasteiger partial charge in [0.2, 0.25) is 16.8 Å². The third kappa shape index (κ3) is 2.96. The van der Waals surface area contributed by atoms with E-state index < -0.39 is 15.6 Å². The van der Waals surface area contributed by atoms with Crippen LogP contribution in [-0.2, 0) is 14.8 Å². The van der Waals surface area contributed by atoms with Crippen molar-refractivity contribution >= 4 is 10.0 Å². The molecule has 2 heterocycles. The molecule has 26 heavy (non-hydrogen) atoms. The molecule has 138 valence electrons. The molecule has 1 saturated heterocycles. The lowest BCUT2D eigenvalue weighted by Gasteiger charge is -2.44. The number of sulfonamides is 1. The van der Waals surface area contributed by atoms with E-state index in [4.69, 9.17) is 14.2 Å². The zero-order valence-electron chi connectivity index (χ0n) is 14.7. The highest BCUT2D eigenvalue weighted by atomic mass is 32.2. The van der Waals surface area contributed by atoms with Gasteiger partial charge in [-0.3, -0.25) is 0 Å². The number of hydrogen-bond acceptors (Lipinski definition) is 5. The first kappa shape index (κ1) is 17.3. The van der Waals surface area contributed by atoms with Crippen LogP contribution in [-0.4, -0.2) is 38.2 Å². The number of nitrogens with zero attached hydrogens (tertiary/aromatic N) is 1. The maximum atomic E-state index is 13.4. The van der Waals surface area contributed by atoms with Gasteiger partial charge in [-0.25, -0.2) is 8.42 Å². The normalized spacial score (nSPS) is 22.3. The monoisotopic (exact) mass is 375 g/mol. The van der Waals surface area contributed by atoms with Crippen LogP contribution < -0.4 is 9.47 Å². The number of morpholine rings is 1. The third-order valence-electron chi connectivity index (χ3n) is 4.75. The van der Waals surface area contributed by atoms with Crippen LogP contribution in [0.1, 0.15) is 25.5 Å². The summed E-state index contributed by atoms with van der Waals surface area (Å²) in [5, 5.41) is 0. The Morgan fingerprint density at radius 2 is 1.77 bits per heavy atom. The Labute approximate surface area is 153 Å². The minimum atomic E-state index is -3.71. The van der Waals surface area contributed by atoms with E-state index in [0.29, 0.717) is 18.1 Å². The quantitative estimate of drug-likeness (QED) is 0.825. The summed E-state index contributed by atoms with van der Waals surface area (Å²) in [4.78, 5) is 0.198. The van der Waals surface area contributed by atoms with Gasteiger partial charge in [-0.1, -0.05) is 30.3 Å². The van der Waals surface area contributed by atoms with E-state index in [1.807, 2.05) is 44.2 Å². The number of ether oxygens (including phenoxy) is 3. The molecule has 1 fully saturated rings. The minimum Gasteiger partial charge on any atom is -0.454 e. The average Bonchev–Trinajstić information content (AvgIpc) is 3.10. The summed E-state index contributed by atoms with van der Waals surface area (Å²) in [5.41, 5.74) is 0.314. The van der Waals surface area contributed by atoms with Gasteiger partial charge in [0, 0.05) is 12.6 Å². The zero-order valence-corrected chi connectivity index (χ0v) is 15.5. The van der Waals surface area contributed by atoms with Gasteiger partial charge in [-0.2, -0.15) is 4.31 Å². The number of hydrogen-bond donors (Lipinski definition) is 0. The van der Waals surface area contributed by atoms with Crippen LogP contribution in [0.3, 0.4) is 0 Å². The summed E-state index contributed by atoms with van der Waals surface area (Å²) < 4.78 is 44.8. The third-order valence-corrected chi connectivity index (χ3v) is 6.82. The van der Waals surface area contributed by atoms with Crippen LogP contribution in [0.4, 0.5) is 0 Å². The van der Waals surface area contributed by atoms with Crippen LogP contribution >= 0.6 is 0 Å². The van der Waals surface area contributed by atoms with E-state index >= 15 is 0 Å². The zero-order chi connectivity index (χ0) is 18.4. The Morgan fingerprint density at radius 3 is 2.54 bits per heavy atom. The molecule has 7 heteroatoms. The Bertz CT molecular complexity index is 911. The van der Waals surface area contributed by atoms with Gasteiger partial charge < -0.3 is 14.2 Å². The lowest BCUT2D eigenvalue weighted by atomic mass is 10.0. The largest absolute Gasteiger partial charge is 0.454 e. The first-order valence-electron chi connectivity index (χ1n) is 8.47. The molecule has 2 aliphatic heterocycles. The second kappa shape index (κ2) is 6.26. The molecule has 2 aromatic rings. The molecule has 0 saturated carbocycles. The summed E-state index contributed by atoms with van der Waals surface area (Å²) in [5.74, 6) is 1.02. The van der Waals surface area contributed by atoms with Crippen molar-refractivity contribution in [1.29, 1.82) is 0 Å². The van der Waals surface area contributed by atoms with Crippen LogP contribution in [0, 0.1) is 0 Å². The highest BCUT2D eigenvalue weighted by Gasteiger charge is 2.43. The fraction of sp³-hybridized carbons (Fsp3) is 0.368. The van der Waals surface area contributed by atoms with Gasteiger partial charge >= 0.3 is 0 Å². The molecular weight excluding hydrogens is 354 g/mol. The summed E-state index contributed by atoms with van der Waals surface area (Å²) >= 11 is 0. The smallest absolute Gasteiger partial charge is 0.243 e. The number of benzene rings is 2. The Hall–Kier alpha value is -2.09. The van der Waals surface area contributed by atoms with Crippen molar-refractivity contribution < 1.29 is 22.6 Å². The molecule has 0 aromatic heterocycles. The maximum absolute atomic E-state index is 13.4. The predicted octanol–water partition coefficient (Wildman–Crippen LogP) is 2.96. The average molecular weight is 375 g/mol. The van der Waals surface area contributed by atoms with Gasteiger partial charge in [0.05, 0.1) is 23.1 Å². The first-order valence-corrected chi connectivity index (χ1v) is 9.91. The second-order valence-corrected chi connectivity index (χ2v) is 8.94. The van der Waals surface area contributed by atoms with Gasteiger partial charge in [0.25, 0.3) is 0 Å². The molecular formula is C19H21NO5S. The van der Waals surface area contributed by atoms with Gasteiger partial charge in [0.15, 0.2) is 11.5 Å². The number of rotatable bonds is 3. The first-order chi connectivity index (χ1) is 12.4. The van der Waals surface area contributed by atoms with E-state index in [9.17, 15) is 8.42 Å². The minimum absolute atomic E-state index is 0.109. The summed E-state index contributed by atoms with van der Waals surface area (Å²) in [6, 6.07) is 14.4. The molecule has 2 aliphatic rings. The predicted molar refractivity (Wildman–Crippen MR) is 95.7 cm³/mol. The van der Waals surface area contributed by atoms with Crippen LogP contribution in [0.25, 0.3) is 0 Å². The molecule has 0 N–H and O–H groups in total. The highest BCUT2D eigenvalue weighted by molar-refractivity contribution is 7.89. The van der Waals surface area contributed by atoms with Crippen molar-refractivity contribution in [3.63, 3.8) is 0 Å². The SMILES string of the molecule is CC1(C)COC(c2ccccc2)CN1S(=O)(=O)c1ccc2c(c1)OCO2. The molecule has 0 bridgehead atoms. The van der Waals surface area contributed by atoms with Crippen LogP contribution in [0.5, 0.6) is 11.5 Å². The molecule has 4 rings (SSSR count). The van der Waals surface area contributed by atoms with Crippen LogP contribution in [0.15, 0.2) is 53.4 Å². The Balaban J connectivity index is 1.68. The molecule has 1 atom stereocenters. The van der Waals surface area contributed by atoms with Crippen molar-refractivity contribution in [1.82, 2.24) is 4.31 Å². The van der Waals surface area contributed by atoms with Crippen LogP contribution in [0.2, 0.25) is 0 Å². The van der Waals surface area contributed by atoms with E-state index in [1.54, 1.807) is 12.1 Å². The van der Waals surface area contributed by atoms with E-state index in [-0.39, 0.29) is 24.3 Å². The fourth-order valence-corrected chi connectivity index (χ4v) is 5.07. The van der Waals surface area contributed by atoms with Crippen molar-refractivity contribution in [2.75, 3.05) is 19.9 Å².